The van der Waals surface area contributed by atoms with Crippen molar-refractivity contribution in [2.45, 2.75) is 399 Å². The molecule has 95 heavy (non-hydrogen) atoms. The average Bonchev–Trinajstić information content (AvgIpc) is 2.06. The Hall–Kier alpha value is -0.849. The summed E-state index contributed by atoms with van der Waals surface area (Å²) >= 11 is 0. The van der Waals surface area contributed by atoms with Crippen LogP contribution in [0.3, 0.4) is 0 Å². The third-order valence-corrected chi connectivity index (χ3v) is 18.8. The number of phosphoric acid groups is 2. The molecule has 0 aromatic carbocycles. The normalized spacial score (nSPS) is 13.4. The minimum absolute atomic E-state index is 0. The van der Waals surface area contributed by atoms with Gasteiger partial charge in [-0.25, -0.2) is 0 Å². The van der Waals surface area contributed by atoms with Crippen molar-refractivity contribution in [1.29, 1.82) is 0 Å². The molecule has 0 radical (unpaired) electrons. The molecule has 0 spiro atoms. The molecule has 0 saturated carbocycles. The molecular weight excluding hydrogens is 1370 g/mol. The average molecular weight is 1510 g/mol. The van der Waals surface area contributed by atoms with E-state index in [-0.39, 0.29) is 99.7 Å². The van der Waals surface area contributed by atoms with E-state index in [0.717, 1.165) is 117 Å². The first-order chi connectivity index (χ1) is 45.7. The number of hydrogen-bond acceptors (Lipinski definition) is 16. The smallest absolute Gasteiger partial charge is 0.756 e. The van der Waals surface area contributed by atoms with Crippen LogP contribution in [0.5, 0.6) is 0 Å². The van der Waals surface area contributed by atoms with E-state index < -0.39 is 53.0 Å². The summed E-state index contributed by atoms with van der Waals surface area (Å²) in [5.41, 5.74) is 0. The van der Waals surface area contributed by atoms with Crippen molar-refractivity contribution < 1.29 is 75.1 Å². The Morgan fingerprint density at radius 1 is 0.295 bits per heavy atom. The number of carbonyl (C=O) groups is 4. The second kappa shape index (κ2) is 77.3. The molecule has 0 aliphatic carbocycles. The molecule has 0 aromatic rings. The number of esters is 4. The molecule has 16 nitrogen and oxygen atoms in total. The molecule has 4 atom stereocenters. The van der Waals surface area contributed by atoms with Gasteiger partial charge in [0.1, 0.15) is 13.2 Å². The largest absolute Gasteiger partial charge is 2.00 e. The Bertz CT molecular complexity index is 1710. The van der Waals surface area contributed by atoms with Gasteiger partial charge in [0.2, 0.25) is 0 Å². The van der Waals surface area contributed by atoms with Gasteiger partial charge in [-0.1, -0.05) is 309 Å². The summed E-state index contributed by atoms with van der Waals surface area (Å²) in [6.07, 6.45) is 70.4. The minimum atomic E-state index is -4.50. The first kappa shape index (κ1) is 98.3. The Morgan fingerprint density at radius 3 is 0.695 bits per heavy atom. The van der Waals surface area contributed by atoms with Crippen LogP contribution in [-0.2, 0) is 65.4 Å². The minimum Gasteiger partial charge on any atom is -0.756 e. The van der Waals surface area contributed by atoms with Crippen LogP contribution in [0, 0.1) is 0 Å². The molecule has 0 bridgehead atoms. The first-order valence-electron chi connectivity index (χ1n) is 38.7. The van der Waals surface area contributed by atoms with E-state index in [4.69, 9.17) is 28.0 Å². The summed E-state index contributed by atoms with van der Waals surface area (Å²) in [7, 11) is -7.01. The van der Waals surface area contributed by atoms with E-state index in [0.29, 0.717) is 12.8 Å². The summed E-state index contributed by atoms with van der Waals surface area (Å²) in [6.45, 7) is 7.56. The molecule has 0 aliphatic heterocycles. The van der Waals surface area contributed by atoms with Gasteiger partial charge >= 0.3 is 72.8 Å². The third-order valence-electron chi connectivity index (χ3n) is 17.0. The molecule has 0 amide bonds. The number of phosphoric ester groups is 2. The van der Waals surface area contributed by atoms with Crippen LogP contribution in [0.4, 0.5) is 0 Å². The summed E-state index contributed by atoms with van der Waals surface area (Å²) in [4.78, 5) is 72.7. The fraction of sp³-hybridized carbons (Fsp3) is 0.895. The van der Waals surface area contributed by atoms with Gasteiger partial charge in [-0.2, -0.15) is 0 Å². The number of allylic oxidation sites excluding steroid dienone is 4. The summed E-state index contributed by atoms with van der Waals surface area (Å²) < 4.78 is 63.0. The van der Waals surface area contributed by atoms with E-state index in [2.05, 4.69) is 61.0 Å². The fourth-order valence-electron chi connectivity index (χ4n) is 10.9. The van der Waals surface area contributed by atoms with Crippen LogP contribution in [0.2, 0.25) is 0 Å². The SMILES string of the molecule is CCCCCCCC/C=C\CCCCCCCC(=O)OC(COC(=O)CCCCCCCCCCCCCCC)COP(=O)([O-])OC.CCCCCCCC/C=C\CCCCCCCC(=O)OC(COC(=O)CCCCCCCCCCCCCCC)COP(=O)([O-])OC.[Ba+2]. The molecule has 0 N–H and O–H groups in total. The molecular formula is C76H144BaO16P2. The second-order valence-electron chi connectivity index (χ2n) is 26.1. The number of unbranched alkanes of at least 4 members (excludes halogenated alkanes) is 46. The molecule has 19 heteroatoms. The van der Waals surface area contributed by atoms with Crippen LogP contribution in [0.25, 0.3) is 0 Å². The number of rotatable bonds is 72. The van der Waals surface area contributed by atoms with Crippen molar-refractivity contribution in [3.05, 3.63) is 24.3 Å². The van der Waals surface area contributed by atoms with Crippen LogP contribution >= 0.6 is 15.6 Å². The van der Waals surface area contributed by atoms with Gasteiger partial charge in [0.15, 0.2) is 12.2 Å². The fourth-order valence-corrected chi connectivity index (χ4v) is 11.9. The van der Waals surface area contributed by atoms with Crippen LogP contribution in [-0.4, -0.2) is 126 Å². The molecule has 4 unspecified atom stereocenters. The van der Waals surface area contributed by atoms with Crippen molar-refractivity contribution in [3.8, 4) is 0 Å². The van der Waals surface area contributed by atoms with Crippen LogP contribution in [0.1, 0.15) is 387 Å². The maximum Gasteiger partial charge on any atom is 2.00 e. The monoisotopic (exact) mass is 1510 g/mol. The topological polar surface area (TPSA) is 222 Å². The second-order valence-corrected chi connectivity index (χ2v) is 29.1. The van der Waals surface area contributed by atoms with Crippen molar-refractivity contribution >= 4 is 88.4 Å². The Labute approximate surface area is 623 Å². The van der Waals surface area contributed by atoms with Gasteiger partial charge in [0.05, 0.1) is 13.2 Å². The van der Waals surface area contributed by atoms with E-state index in [1.54, 1.807) is 0 Å². The number of hydrogen-bond donors (Lipinski definition) is 0. The first-order valence-corrected chi connectivity index (χ1v) is 41.6. The van der Waals surface area contributed by atoms with E-state index in [9.17, 15) is 38.1 Å². The molecule has 0 heterocycles. The zero-order valence-electron chi connectivity index (χ0n) is 62.0. The summed E-state index contributed by atoms with van der Waals surface area (Å²) in [5.74, 6) is -1.68. The standard InChI is InChI=1S/2C38H73O8P.Ba/c2*1-4-6-8-10-12-14-16-18-19-21-23-25-27-29-31-33-38(40)46-36(35-45-47(41,42)43-3)34-44-37(39)32-30-28-26-24-22-20-17-15-13-11-9-7-5-2;/h2*18-19,36H,4-17,20-35H2,1-3H3,(H,41,42);/q;;+2/p-2/b2*19-18-;. The van der Waals surface area contributed by atoms with Gasteiger partial charge in [-0.05, 0) is 77.0 Å². The van der Waals surface area contributed by atoms with Crippen LogP contribution in [0.15, 0.2) is 24.3 Å². The van der Waals surface area contributed by atoms with Crippen molar-refractivity contribution in [2.75, 3.05) is 40.6 Å². The zero-order chi connectivity index (χ0) is 69.4. The zero-order valence-corrected chi connectivity index (χ0v) is 68.3. The molecule has 0 aliphatic rings. The van der Waals surface area contributed by atoms with Gasteiger partial charge < -0.3 is 46.8 Å². The Kier molecular flexibility index (Phi) is 80.0. The van der Waals surface area contributed by atoms with Gasteiger partial charge in [-0.3, -0.25) is 28.3 Å². The van der Waals surface area contributed by atoms with Gasteiger partial charge in [0.25, 0.3) is 15.6 Å². The van der Waals surface area contributed by atoms with Gasteiger partial charge in [-0.15, -0.1) is 0 Å². The van der Waals surface area contributed by atoms with E-state index >= 15 is 0 Å². The van der Waals surface area contributed by atoms with Crippen LogP contribution < -0.4 is 9.79 Å². The summed E-state index contributed by atoms with van der Waals surface area (Å²) in [5, 5.41) is 0. The predicted octanol–water partition coefficient (Wildman–Crippen LogP) is 21.8. The third kappa shape index (κ3) is 78.7. The molecule has 0 aromatic heterocycles. The quantitative estimate of drug-likeness (QED) is 0.0138. The molecule has 0 rings (SSSR count). The van der Waals surface area contributed by atoms with E-state index in [1.165, 1.54) is 218 Å². The van der Waals surface area contributed by atoms with Crippen molar-refractivity contribution in [2.24, 2.45) is 0 Å². The predicted molar refractivity (Wildman–Crippen MR) is 388 cm³/mol. The Morgan fingerprint density at radius 2 is 0.484 bits per heavy atom. The maximum absolute atomic E-state index is 12.4. The number of ether oxygens (including phenoxy) is 4. The summed E-state index contributed by atoms with van der Waals surface area (Å²) in [6, 6.07) is 0. The number of carbonyl (C=O) groups excluding carboxylic acids is 4. The molecule has 556 valence electrons. The Balaban J connectivity index is -0.00000176. The molecule has 0 fully saturated rings. The van der Waals surface area contributed by atoms with Crippen molar-refractivity contribution in [3.63, 3.8) is 0 Å². The van der Waals surface area contributed by atoms with E-state index in [1.807, 2.05) is 0 Å². The maximum atomic E-state index is 12.4. The molecule has 0 saturated heterocycles. The van der Waals surface area contributed by atoms with Gasteiger partial charge in [0, 0.05) is 39.9 Å². The van der Waals surface area contributed by atoms with Crippen molar-refractivity contribution in [1.82, 2.24) is 0 Å².